The van der Waals surface area contributed by atoms with Crippen LogP contribution in [0.15, 0.2) is 12.1 Å². The van der Waals surface area contributed by atoms with Gasteiger partial charge in [-0.05, 0) is 18.4 Å². The van der Waals surface area contributed by atoms with Crippen LogP contribution in [0.25, 0.3) is 0 Å². The summed E-state index contributed by atoms with van der Waals surface area (Å²) in [6, 6.07) is 2.95. The minimum Gasteiger partial charge on any atom is -0.385 e. The van der Waals surface area contributed by atoms with Gasteiger partial charge in [0, 0.05) is 24.4 Å². The minimum atomic E-state index is -0.428. The van der Waals surface area contributed by atoms with E-state index in [0.717, 1.165) is 30.6 Å². The summed E-state index contributed by atoms with van der Waals surface area (Å²) in [5, 5.41) is 14.2. The number of nitro groups is 1. The Balaban J connectivity index is 2.51. The third-order valence-electron chi connectivity index (χ3n) is 2.31. The first-order valence-electron chi connectivity index (χ1n) is 4.39. The normalized spacial score (nSPS) is 14.4. The average Bonchev–Trinajstić information content (AvgIpc) is 2.17. The second-order valence-electron chi connectivity index (χ2n) is 3.24. The van der Waals surface area contributed by atoms with E-state index in [4.69, 9.17) is 11.6 Å². The molecule has 1 aromatic carbocycles. The van der Waals surface area contributed by atoms with Gasteiger partial charge >= 0.3 is 0 Å². The van der Waals surface area contributed by atoms with Crippen molar-refractivity contribution >= 4 is 23.0 Å². The fourth-order valence-corrected chi connectivity index (χ4v) is 1.94. The number of fused-ring (bicyclic) bond motifs is 1. The molecule has 4 nitrogen and oxygen atoms in total. The molecule has 1 aromatic rings. The summed E-state index contributed by atoms with van der Waals surface area (Å²) in [7, 11) is 0. The molecule has 14 heavy (non-hydrogen) atoms. The van der Waals surface area contributed by atoms with Gasteiger partial charge < -0.3 is 5.32 Å². The third-order valence-corrected chi connectivity index (χ3v) is 2.65. The van der Waals surface area contributed by atoms with Gasteiger partial charge in [-0.3, -0.25) is 10.1 Å². The summed E-state index contributed by atoms with van der Waals surface area (Å²) in [4.78, 5) is 10.1. The van der Waals surface area contributed by atoms with Gasteiger partial charge in [-0.15, -0.1) is 0 Å². The van der Waals surface area contributed by atoms with Crippen LogP contribution >= 0.6 is 11.6 Å². The zero-order chi connectivity index (χ0) is 10.1. The lowest BCUT2D eigenvalue weighted by atomic mass is 10.0. The number of nitrogens with one attached hydrogen (secondary N) is 1. The first-order chi connectivity index (χ1) is 6.68. The van der Waals surface area contributed by atoms with Crippen molar-refractivity contribution in [2.75, 3.05) is 11.9 Å². The average molecular weight is 213 g/mol. The van der Waals surface area contributed by atoms with E-state index in [1.54, 1.807) is 6.07 Å². The SMILES string of the molecule is O=[N+]([O-])c1cc(Cl)c2c(c1)NCCC2. The van der Waals surface area contributed by atoms with Crippen molar-refractivity contribution in [1.82, 2.24) is 0 Å². The first-order valence-corrected chi connectivity index (χ1v) is 4.77. The second-order valence-corrected chi connectivity index (χ2v) is 3.65. The van der Waals surface area contributed by atoms with Crippen LogP contribution in [0.5, 0.6) is 0 Å². The maximum Gasteiger partial charge on any atom is 0.273 e. The molecule has 1 aliphatic heterocycles. The van der Waals surface area contributed by atoms with E-state index >= 15 is 0 Å². The van der Waals surface area contributed by atoms with Crippen molar-refractivity contribution in [1.29, 1.82) is 0 Å². The molecule has 0 radical (unpaired) electrons. The van der Waals surface area contributed by atoms with Crippen LogP contribution in [-0.4, -0.2) is 11.5 Å². The highest BCUT2D eigenvalue weighted by molar-refractivity contribution is 6.32. The van der Waals surface area contributed by atoms with E-state index < -0.39 is 4.92 Å². The number of non-ortho nitro benzene ring substituents is 1. The van der Waals surface area contributed by atoms with E-state index in [-0.39, 0.29) is 5.69 Å². The summed E-state index contributed by atoms with van der Waals surface area (Å²) >= 11 is 5.95. The van der Waals surface area contributed by atoms with Gasteiger partial charge in [-0.1, -0.05) is 11.6 Å². The van der Waals surface area contributed by atoms with Crippen LogP contribution in [0.3, 0.4) is 0 Å². The van der Waals surface area contributed by atoms with Crippen LogP contribution in [0, 0.1) is 10.1 Å². The zero-order valence-electron chi connectivity index (χ0n) is 7.42. The van der Waals surface area contributed by atoms with Crippen molar-refractivity contribution in [3.63, 3.8) is 0 Å². The molecule has 0 saturated heterocycles. The molecule has 1 heterocycles. The first kappa shape index (κ1) is 9.27. The zero-order valence-corrected chi connectivity index (χ0v) is 8.17. The maximum atomic E-state index is 10.6. The Bertz CT molecular complexity index is 393. The fraction of sp³-hybridized carbons (Fsp3) is 0.333. The van der Waals surface area contributed by atoms with E-state index in [0.29, 0.717) is 5.02 Å². The van der Waals surface area contributed by atoms with Crippen LogP contribution in [-0.2, 0) is 6.42 Å². The van der Waals surface area contributed by atoms with E-state index in [1.807, 2.05) is 0 Å². The van der Waals surface area contributed by atoms with Gasteiger partial charge in [-0.25, -0.2) is 0 Å². The van der Waals surface area contributed by atoms with Crippen molar-refractivity contribution in [3.05, 3.63) is 32.8 Å². The van der Waals surface area contributed by atoms with Gasteiger partial charge in [-0.2, -0.15) is 0 Å². The predicted octanol–water partition coefficient (Wildman–Crippen LogP) is 2.61. The number of benzene rings is 1. The quantitative estimate of drug-likeness (QED) is 0.575. The molecule has 0 aliphatic carbocycles. The van der Waals surface area contributed by atoms with E-state index in [1.165, 1.54) is 6.07 Å². The molecule has 1 aliphatic rings. The molecule has 0 bridgehead atoms. The fourth-order valence-electron chi connectivity index (χ4n) is 1.63. The number of hydrogen-bond acceptors (Lipinski definition) is 3. The van der Waals surface area contributed by atoms with Crippen LogP contribution in [0.4, 0.5) is 11.4 Å². The Labute approximate surface area is 86.0 Å². The number of hydrogen-bond donors (Lipinski definition) is 1. The number of anilines is 1. The van der Waals surface area contributed by atoms with Gasteiger partial charge in [0.25, 0.3) is 5.69 Å². The molecule has 1 N–H and O–H groups in total. The second kappa shape index (κ2) is 3.46. The summed E-state index contributed by atoms with van der Waals surface area (Å²) in [6.07, 6.45) is 1.91. The summed E-state index contributed by atoms with van der Waals surface area (Å²) in [6.45, 7) is 0.852. The van der Waals surface area contributed by atoms with Gasteiger partial charge in [0.1, 0.15) is 0 Å². The number of halogens is 1. The molecule has 0 atom stereocenters. The van der Waals surface area contributed by atoms with Crippen LogP contribution in [0.2, 0.25) is 5.02 Å². The lowest BCUT2D eigenvalue weighted by Crippen LogP contribution is -2.12. The topological polar surface area (TPSA) is 55.2 Å². The molecule has 74 valence electrons. The molecule has 5 heteroatoms. The Morgan fingerprint density at radius 3 is 3.00 bits per heavy atom. The Hall–Kier alpha value is -1.29. The Kier molecular flexibility index (Phi) is 2.29. The van der Waals surface area contributed by atoms with Crippen LogP contribution < -0.4 is 5.32 Å². The summed E-state index contributed by atoms with van der Waals surface area (Å²) in [5.41, 5.74) is 1.84. The lowest BCUT2D eigenvalue weighted by molar-refractivity contribution is -0.384. The minimum absolute atomic E-state index is 0.0446. The highest BCUT2D eigenvalue weighted by Crippen LogP contribution is 2.33. The predicted molar refractivity (Wildman–Crippen MR) is 54.9 cm³/mol. The van der Waals surface area contributed by atoms with E-state index in [2.05, 4.69) is 5.32 Å². The smallest absolute Gasteiger partial charge is 0.273 e. The highest BCUT2D eigenvalue weighted by Gasteiger charge is 2.17. The summed E-state index contributed by atoms with van der Waals surface area (Å²) in [5.74, 6) is 0. The maximum absolute atomic E-state index is 10.6. The summed E-state index contributed by atoms with van der Waals surface area (Å²) < 4.78 is 0. The highest BCUT2D eigenvalue weighted by atomic mass is 35.5. The Morgan fingerprint density at radius 1 is 1.50 bits per heavy atom. The lowest BCUT2D eigenvalue weighted by Gasteiger charge is -2.18. The van der Waals surface area contributed by atoms with Crippen molar-refractivity contribution < 1.29 is 4.92 Å². The molecule has 0 saturated carbocycles. The molecule has 0 fully saturated rings. The number of rotatable bonds is 1. The molecular weight excluding hydrogens is 204 g/mol. The van der Waals surface area contributed by atoms with Crippen LogP contribution in [0.1, 0.15) is 12.0 Å². The molecular formula is C9H9ClN2O2. The van der Waals surface area contributed by atoms with E-state index in [9.17, 15) is 10.1 Å². The standard InChI is InChI=1S/C9H9ClN2O2/c10-8-4-6(12(13)14)5-9-7(8)2-1-3-11-9/h4-5,11H,1-3H2. The van der Waals surface area contributed by atoms with Gasteiger partial charge in [0.05, 0.1) is 9.95 Å². The largest absolute Gasteiger partial charge is 0.385 e. The number of nitrogens with zero attached hydrogens (tertiary/aromatic N) is 1. The monoisotopic (exact) mass is 212 g/mol. The molecule has 2 rings (SSSR count). The Morgan fingerprint density at radius 2 is 2.29 bits per heavy atom. The molecule has 0 spiro atoms. The molecule has 0 aromatic heterocycles. The van der Waals surface area contributed by atoms with Crippen molar-refractivity contribution in [2.45, 2.75) is 12.8 Å². The van der Waals surface area contributed by atoms with Gasteiger partial charge in [0.15, 0.2) is 0 Å². The van der Waals surface area contributed by atoms with Crippen molar-refractivity contribution in [2.24, 2.45) is 0 Å². The van der Waals surface area contributed by atoms with Gasteiger partial charge in [0.2, 0.25) is 0 Å². The number of nitro benzene ring substituents is 1. The molecule has 0 unspecified atom stereocenters. The molecule has 0 amide bonds. The van der Waals surface area contributed by atoms with Crippen molar-refractivity contribution in [3.8, 4) is 0 Å². The third kappa shape index (κ3) is 1.53.